The number of aromatic nitrogens is 1. The van der Waals surface area contributed by atoms with Crippen LogP contribution >= 0.6 is 11.3 Å². The highest BCUT2D eigenvalue weighted by Crippen LogP contribution is 2.33. The van der Waals surface area contributed by atoms with Crippen LogP contribution in [0.25, 0.3) is 10.2 Å². The van der Waals surface area contributed by atoms with Gasteiger partial charge in [-0.1, -0.05) is 6.07 Å². The second-order valence-electron chi connectivity index (χ2n) is 7.90. The second kappa shape index (κ2) is 9.02. The maximum atomic E-state index is 12.9. The quantitative estimate of drug-likeness (QED) is 0.353. The standard InChI is InChI=1S/C23H20N6O4S/c24-28-14(9-25-13-4-5-17-20(8-13)34-12-26-17)11-33-19-3-1-2-15-16(19)10-29(23(15)32)18-6-7-21(30)27-22(18)31/h1-5,8-9,12,18,24-25H,6-7,10-11H2,(H,27,30,31)/b14-9-,28-24?. The molecule has 3 N–H and O–H groups in total. The van der Waals surface area contributed by atoms with Gasteiger partial charge in [-0.15, -0.1) is 11.3 Å². The van der Waals surface area contributed by atoms with E-state index in [2.05, 4.69) is 20.7 Å². The van der Waals surface area contributed by atoms with Crippen LogP contribution < -0.4 is 15.4 Å². The molecule has 2 aliphatic heterocycles. The average molecular weight is 477 g/mol. The molecule has 5 rings (SSSR count). The number of benzene rings is 2. The molecule has 10 nitrogen and oxygen atoms in total. The molecule has 1 atom stereocenters. The van der Waals surface area contributed by atoms with E-state index in [4.69, 9.17) is 10.3 Å². The number of anilines is 1. The predicted octanol–water partition coefficient (Wildman–Crippen LogP) is 3.42. The van der Waals surface area contributed by atoms with Gasteiger partial charge in [-0.3, -0.25) is 19.7 Å². The average Bonchev–Trinajstić information content (AvgIpc) is 3.44. The maximum absolute atomic E-state index is 12.9. The number of nitrogens with zero attached hydrogens (tertiary/aromatic N) is 3. The van der Waals surface area contributed by atoms with E-state index in [1.165, 1.54) is 4.90 Å². The van der Waals surface area contributed by atoms with Gasteiger partial charge in [0, 0.05) is 29.4 Å². The zero-order chi connectivity index (χ0) is 23.7. The lowest BCUT2D eigenvalue weighted by Crippen LogP contribution is -2.52. The van der Waals surface area contributed by atoms with Crippen LogP contribution in [0.2, 0.25) is 0 Å². The van der Waals surface area contributed by atoms with E-state index >= 15 is 0 Å². The number of rotatable bonds is 7. The van der Waals surface area contributed by atoms with Gasteiger partial charge in [0.15, 0.2) is 0 Å². The molecule has 34 heavy (non-hydrogen) atoms. The van der Waals surface area contributed by atoms with Crippen molar-refractivity contribution in [2.75, 3.05) is 11.9 Å². The van der Waals surface area contributed by atoms with Crippen molar-refractivity contribution in [3.05, 3.63) is 64.9 Å². The molecule has 1 aromatic heterocycles. The molecule has 1 saturated heterocycles. The number of hydrogen-bond donors (Lipinski definition) is 3. The fourth-order valence-corrected chi connectivity index (χ4v) is 4.78. The van der Waals surface area contributed by atoms with Crippen molar-refractivity contribution in [1.29, 1.82) is 5.53 Å². The topological polar surface area (TPSA) is 137 Å². The zero-order valence-corrected chi connectivity index (χ0v) is 18.7. The van der Waals surface area contributed by atoms with Crippen molar-refractivity contribution in [3.63, 3.8) is 0 Å². The van der Waals surface area contributed by atoms with Crippen LogP contribution in [0.15, 0.2) is 58.9 Å². The number of amides is 3. The Labute approximate surface area is 198 Å². The summed E-state index contributed by atoms with van der Waals surface area (Å²) in [7, 11) is 0. The fraction of sp³-hybridized carbons (Fsp3) is 0.217. The van der Waals surface area contributed by atoms with Crippen molar-refractivity contribution in [2.24, 2.45) is 5.11 Å². The third-order valence-corrected chi connectivity index (χ3v) is 6.59. The van der Waals surface area contributed by atoms with Gasteiger partial charge in [-0.2, -0.15) is 5.11 Å². The van der Waals surface area contributed by atoms with Crippen LogP contribution in [0.5, 0.6) is 5.75 Å². The molecule has 3 aromatic rings. The first-order chi connectivity index (χ1) is 16.5. The summed E-state index contributed by atoms with van der Waals surface area (Å²) < 4.78 is 6.96. The van der Waals surface area contributed by atoms with Crippen molar-refractivity contribution in [3.8, 4) is 5.75 Å². The van der Waals surface area contributed by atoms with Crippen LogP contribution in [0, 0.1) is 5.53 Å². The minimum Gasteiger partial charge on any atom is -0.487 e. The Hall–Kier alpha value is -4.12. The van der Waals surface area contributed by atoms with E-state index in [0.717, 1.165) is 15.9 Å². The van der Waals surface area contributed by atoms with Gasteiger partial charge in [0.25, 0.3) is 5.91 Å². The summed E-state index contributed by atoms with van der Waals surface area (Å²) in [5, 5.41) is 8.95. The highest BCUT2D eigenvalue weighted by atomic mass is 32.1. The molecule has 172 valence electrons. The lowest BCUT2D eigenvalue weighted by molar-refractivity contribution is -0.136. The minimum atomic E-state index is -0.691. The highest BCUT2D eigenvalue weighted by molar-refractivity contribution is 7.16. The molecule has 1 unspecified atom stereocenters. The largest absolute Gasteiger partial charge is 0.487 e. The molecule has 3 heterocycles. The van der Waals surface area contributed by atoms with E-state index in [0.29, 0.717) is 29.0 Å². The monoisotopic (exact) mass is 476 g/mol. The minimum absolute atomic E-state index is 0.0162. The number of hydrogen-bond acceptors (Lipinski definition) is 9. The molecule has 0 bridgehead atoms. The van der Waals surface area contributed by atoms with Gasteiger partial charge in [-0.05, 0) is 36.8 Å². The van der Waals surface area contributed by atoms with Gasteiger partial charge in [0.2, 0.25) is 11.8 Å². The third-order valence-electron chi connectivity index (χ3n) is 5.79. The highest BCUT2D eigenvalue weighted by Gasteiger charge is 2.40. The molecule has 1 fully saturated rings. The van der Waals surface area contributed by atoms with Crippen molar-refractivity contribution < 1.29 is 19.1 Å². The smallest absolute Gasteiger partial charge is 0.255 e. The van der Waals surface area contributed by atoms with Gasteiger partial charge in [-0.25, -0.2) is 10.5 Å². The summed E-state index contributed by atoms with van der Waals surface area (Å²) in [6, 6.07) is 10.2. The van der Waals surface area contributed by atoms with E-state index < -0.39 is 11.9 Å². The van der Waals surface area contributed by atoms with Crippen LogP contribution in [0.3, 0.4) is 0 Å². The van der Waals surface area contributed by atoms with E-state index in [-0.39, 0.29) is 31.4 Å². The molecule has 0 saturated carbocycles. The number of ether oxygens (including phenoxy) is 1. The van der Waals surface area contributed by atoms with Crippen LogP contribution in [0.4, 0.5) is 5.69 Å². The summed E-state index contributed by atoms with van der Waals surface area (Å²) in [4.78, 5) is 42.4. The van der Waals surface area contributed by atoms with Crippen LogP contribution in [0.1, 0.15) is 28.8 Å². The van der Waals surface area contributed by atoms with Crippen molar-refractivity contribution in [2.45, 2.75) is 25.4 Å². The second-order valence-corrected chi connectivity index (χ2v) is 8.78. The SMILES string of the molecule is N=N/C(=C\Nc1ccc2ncsc2c1)COc1cccc2c1CN(C1CCC(=O)NC1=O)C2=O. The number of nitrogens with one attached hydrogen (secondary N) is 3. The molecule has 11 heteroatoms. The Bertz CT molecular complexity index is 1350. The van der Waals surface area contributed by atoms with Gasteiger partial charge in [0.05, 0.1) is 22.3 Å². The number of piperidine rings is 1. The molecule has 0 radical (unpaired) electrons. The van der Waals surface area contributed by atoms with E-state index in [1.807, 2.05) is 18.2 Å². The molecular weight excluding hydrogens is 456 g/mol. The Morgan fingerprint density at radius 3 is 3.03 bits per heavy atom. The molecule has 2 aromatic carbocycles. The summed E-state index contributed by atoms with van der Waals surface area (Å²) >= 11 is 1.54. The number of imide groups is 1. The third kappa shape index (κ3) is 4.13. The van der Waals surface area contributed by atoms with Crippen molar-refractivity contribution >= 4 is 45.0 Å². The van der Waals surface area contributed by atoms with E-state index in [1.54, 1.807) is 41.2 Å². The number of carbonyl (C=O) groups is 3. The Balaban J connectivity index is 1.28. The maximum Gasteiger partial charge on any atom is 0.255 e. The summed E-state index contributed by atoms with van der Waals surface area (Å²) in [6.07, 6.45) is 2.09. The Morgan fingerprint density at radius 1 is 1.32 bits per heavy atom. The Morgan fingerprint density at radius 2 is 2.21 bits per heavy atom. The van der Waals surface area contributed by atoms with E-state index in [9.17, 15) is 14.4 Å². The summed E-state index contributed by atoms with van der Waals surface area (Å²) in [6.45, 7) is 0.225. The first-order valence-corrected chi connectivity index (χ1v) is 11.5. The number of fused-ring (bicyclic) bond motifs is 2. The summed E-state index contributed by atoms with van der Waals surface area (Å²) in [5.41, 5.74) is 12.5. The fourth-order valence-electron chi connectivity index (χ4n) is 4.06. The lowest BCUT2D eigenvalue weighted by atomic mass is 10.0. The Kier molecular flexibility index (Phi) is 5.76. The molecule has 0 aliphatic carbocycles. The lowest BCUT2D eigenvalue weighted by Gasteiger charge is -2.29. The first-order valence-electron chi connectivity index (χ1n) is 10.6. The van der Waals surface area contributed by atoms with Gasteiger partial charge >= 0.3 is 0 Å². The molecular formula is C23H20N6O4S. The van der Waals surface area contributed by atoms with Gasteiger partial charge < -0.3 is 15.0 Å². The molecule has 2 aliphatic rings. The normalized spacial score (nSPS) is 18.1. The van der Waals surface area contributed by atoms with Crippen LogP contribution in [-0.2, 0) is 16.1 Å². The molecule has 3 amide bonds. The first kappa shape index (κ1) is 21.7. The molecule has 0 spiro atoms. The summed E-state index contributed by atoms with van der Waals surface area (Å²) in [5.74, 6) is -0.563. The van der Waals surface area contributed by atoms with Gasteiger partial charge in [0.1, 0.15) is 24.1 Å². The van der Waals surface area contributed by atoms with Crippen LogP contribution in [-0.4, -0.2) is 40.3 Å². The number of carbonyl (C=O) groups excluding carboxylic acids is 3. The predicted molar refractivity (Wildman–Crippen MR) is 124 cm³/mol. The van der Waals surface area contributed by atoms with Crippen molar-refractivity contribution in [1.82, 2.24) is 15.2 Å². The number of thiazole rings is 1. The zero-order valence-electron chi connectivity index (χ0n) is 17.9.